The Morgan fingerprint density at radius 3 is 0.739 bits per heavy atom. The fraction of sp³-hybridized carbons (Fsp3) is 0.945. The predicted octanol–water partition coefficient (Wildman–Crippen LogP) is 21.0. The number of carbonyl (C=O) groups is 4. The number of unbranched alkanes of at least 4 members (excludes halogenated alkanes) is 39. The third-order valence-electron chi connectivity index (χ3n) is 16.9. The van der Waals surface area contributed by atoms with Gasteiger partial charge in [-0.15, -0.1) is 0 Å². The second kappa shape index (κ2) is 63.8. The summed E-state index contributed by atoms with van der Waals surface area (Å²) in [5.74, 6) is 0.166. The fourth-order valence-corrected chi connectivity index (χ4v) is 12.7. The van der Waals surface area contributed by atoms with E-state index >= 15 is 0 Å². The van der Waals surface area contributed by atoms with Gasteiger partial charge in [-0.1, -0.05) is 318 Å². The van der Waals surface area contributed by atoms with Crippen molar-refractivity contribution in [3.8, 4) is 0 Å². The zero-order valence-electron chi connectivity index (χ0n) is 60.0. The summed E-state index contributed by atoms with van der Waals surface area (Å²) in [5, 5.41) is 10.6. The number of hydrogen-bond acceptors (Lipinski definition) is 15. The monoisotopic (exact) mass is 1350 g/mol. The Labute approximate surface area is 562 Å². The maximum absolute atomic E-state index is 13.0. The highest BCUT2D eigenvalue weighted by Gasteiger charge is 2.30. The number of phosphoric acid groups is 2. The summed E-state index contributed by atoms with van der Waals surface area (Å²) >= 11 is 0. The summed E-state index contributed by atoms with van der Waals surface area (Å²) in [5.41, 5.74) is 0. The first kappa shape index (κ1) is 90.1. The van der Waals surface area contributed by atoms with Crippen LogP contribution in [0, 0.1) is 17.8 Å². The molecule has 92 heavy (non-hydrogen) atoms. The first-order chi connectivity index (χ1) is 44.2. The van der Waals surface area contributed by atoms with Gasteiger partial charge in [0.05, 0.1) is 26.4 Å². The van der Waals surface area contributed by atoms with E-state index in [0.29, 0.717) is 25.7 Å². The van der Waals surface area contributed by atoms with E-state index in [4.69, 9.17) is 37.0 Å². The number of rotatable bonds is 71. The molecule has 0 heterocycles. The molecule has 2 unspecified atom stereocenters. The standard InChI is InChI=1S/C73H142O17P2/c1-8-9-10-11-12-23-33-40-47-54-70(75)83-60-68(90-73(78)57-50-43-36-29-22-26-32-39-46-53-66(6)7)62-87-91(79,80)85-58-67(74)59-86-92(81,82)88-63-69(61-84-71(76)55-48-41-34-28-21-25-31-38-45-52-65(4)5)89-72(77)56-49-42-35-27-20-18-16-14-13-15-17-19-24-30-37-44-51-64(2)3/h64-69,74H,8-63H2,1-7H3,(H,79,80)(H,81,82)/t67-,68+,69+/m0/s1. The van der Waals surface area contributed by atoms with E-state index in [0.717, 1.165) is 108 Å². The third-order valence-corrected chi connectivity index (χ3v) is 18.8. The number of esters is 4. The molecule has 0 aromatic rings. The van der Waals surface area contributed by atoms with Crippen LogP contribution in [0.25, 0.3) is 0 Å². The predicted molar refractivity (Wildman–Crippen MR) is 372 cm³/mol. The van der Waals surface area contributed by atoms with E-state index in [2.05, 4.69) is 48.5 Å². The maximum Gasteiger partial charge on any atom is 0.472 e. The van der Waals surface area contributed by atoms with Crippen LogP contribution in [-0.2, 0) is 65.4 Å². The molecular formula is C73H142O17P2. The average Bonchev–Trinajstić information content (AvgIpc) is 1.79. The largest absolute Gasteiger partial charge is 0.472 e. The Morgan fingerprint density at radius 1 is 0.293 bits per heavy atom. The Morgan fingerprint density at radius 2 is 0.500 bits per heavy atom. The summed E-state index contributed by atoms with van der Waals surface area (Å²) in [4.78, 5) is 72.6. The third kappa shape index (κ3) is 66.7. The van der Waals surface area contributed by atoms with Crippen molar-refractivity contribution in [3.05, 3.63) is 0 Å². The molecule has 546 valence electrons. The van der Waals surface area contributed by atoms with Crippen LogP contribution in [0.4, 0.5) is 0 Å². The van der Waals surface area contributed by atoms with Gasteiger partial charge in [0.15, 0.2) is 12.2 Å². The number of hydrogen-bond donors (Lipinski definition) is 3. The van der Waals surface area contributed by atoms with Crippen molar-refractivity contribution < 1.29 is 80.2 Å². The Kier molecular flexibility index (Phi) is 62.4. The molecule has 5 atom stereocenters. The highest BCUT2D eigenvalue weighted by atomic mass is 31.2. The fourth-order valence-electron chi connectivity index (χ4n) is 11.1. The van der Waals surface area contributed by atoms with Crippen molar-refractivity contribution >= 4 is 39.5 Å². The molecule has 0 aliphatic heterocycles. The molecule has 0 aliphatic carbocycles. The van der Waals surface area contributed by atoms with Crippen molar-refractivity contribution in [1.82, 2.24) is 0 Å². The topological polar surface area (TPSA) is 237 Å². The van der Waals surface area contributed by atoms with E-state index < -0.39 is 97.5 Å². The van der Waals surface area contributed by atoms with Gasteiger partial charge in [-0.05, 0) is 43.4 Å². The normalized spacial score (nSPS) is 14.1. The Balaban J connectivity index is 5.21. The van der Waals surface area contributed by atoms with Crippen LogP contribution in [0.1, 0.15) is 370 Å². The van der Waals surface area contributed by atoms with Crippen molar-refractivity contribution in [3.63, 3.8) is 0 Å². The zero-order valence-corrected chi connectivity index (χ0v) is 61.8. The van der Waals surface area contributed by atoms with Gasteiger partial charge in [0.2, 0.25) is 0 Å². The number of ether oxygens (including phenoxy) is 4. The highest BCUT2D eigenvalue weighted by Crippen LogP contribution is 2.45. The number of phosphoric ester groups is 2. The molecule has 19 heteroatoms. The minimum atomic E-state index is -4.95. The quantitative estimate of drug-likeness (QED) is 0.0222. The summed E-state index contributed by atoms with van der Waals surface area (Å²) in [6, 6.07) is 0. The van der Waals surface area contributed by atoms with E-state index in [1.807, 2.05) is 0 Å². The molecule has 0 spiro atoms. The van der Waals surface area contributed by atoms with Crippen LogP contribution in [0.5, 0.6) is 0 Å². The minimum Gasteiger partial charge on any atom is -0.462 e. The molecule has 17 nitrogen and oxygen atoms in total. The van der Waals surface area contributed by atoms with Gasteiger partial charge in [-0.2, -0.15) is 0 Å². The SMILES string of the molecule is CCCCCCCCCCCC(=O)OC[C@H](COP(=O)(O)OC[C@H](O)COP(=O)(O)OC[C@@H](COC(=O)CCCCCCCCCCCC(C)C)OC(=O)CCCCCCCCCCCCCCCCCCC(C)C)OC(=O)CCCCCCCCCCCC(C)C. The highest BCUT2D eigenvalue weighted by molar-refractivity contribution is 7.47. The van der Waals surface area contributed by atoms with Crippen molar-refractivity contribution in [1.29, 1.82) is 0 Å². The molecule has 3 N–H and O–H groups in total. The van der Waals surface area contributed by atoms with E-state index in [9.17, 15) is 43.2 Å². The number of aliphatic hydroxyl groups is 1. The van der Waals surface area contributed by atoms with Crippen molar-refractivity contribution in [2.24, 2.45) is 17.8 Å². The van der Waals surface area contributed by atoms with Gasteiger partial charge in [-0.3, -0.25) is 37.3 Å². The van der Waals surface area contributed by atoms with Crippen LogP contribution in [-0.4, -0.2) is 96.7 Å². The molecule has 0 bridgehead atoms. The minimum absolute atomic E-state index is 0.105. The maximum atomic E-state index is 13.0. The first-order valence-corrected chi connectivity index (χ1v) is 40.8. The lowest BCUT2D eigenvalue weighted by Crippen LogP contribution is -2.30. The second-order valence-corrected chi connectivity index (χ2v) is 30.7. The number of carbonyl (C=O) groups excluding carboxylic acids is 4. The van der Waals surface area contributed by atoms with Gasteiger partial charge >= 0.3 is 39.5 Å². The van der Waals surface area contributed by atoms with E-state index in [-0.39, 0.29) is 25.7 Å². The average molecular weight is 1350 g/mol. The van der Waals surface area contributed by atoms with Gasteiger partial charge in [-0.25, -0.2) is 9.13 Å². The summed E-state index contributed by atoms with van der Waals surface area (Å²) in [7, 11) is -9.90. The zero-order chi connectivity index (χ0) is 68.0. The molecule has 0 aliphatic rings. The van der Waals surface area contributed by atoms with E-state index in [1.54, 1.807) is 0 Å². The van der Waals surface area contributed by atoms with Gasteiger partial charge < -0.3 is 33.8 Å². The molecule has 0 fully saturated rings. The van der Waals surface area contributed by atoms with Gasteiger partial charge in [0.25, 0.3) is 0 Å². The first-order valence-electron chi connectivity index (χ1n) is 37.8. The smallest absolute Gasteiger partial charge is 0.462 e. The van der Waals surface area contributed by atoms with Crippen LogP contribution in [0.3, 0.4) is 0 Å². The molecule has 0 radical (unpaired) electrons. The number of aliphatic hydroxyl groups excluding tert-OH is 1. The summed E-state index contributed by atoms with van der Waals surface area (Å²) < 4.78 is 68.4. The molecular weight excluding hydrogens is 1210 g/mol. The van der Waals surface area contributed by atoms with Gasteiger partial charge in [0.1, 0.15) is 19.3 Å². The molecule has 0 saturated heterocycles. The van der Waals surface area contributed by atoms with Crippen LogP contribution >= 0.6 is 15.6 Å². The summed E-state index contributed by atoms with van der Waals surface area (Å²) in [6.07, 6.45) is 48.6. The van der Waals surface area contributed by atoms with Crippen molar-refractivity contribution in [2.75, 3.05) is 39.6 Å². The van der Waals surface area contributed by atoms with Crippen molar-refractivity contribution in [2.45, 2.75) is 388 Å². The van der Waals surface area contributed by atoms with Gasteiger partial charge in [0, 0.05) is 25.7 Å². The molecule has 0 amide bonds. The van der Waals surface area contributed by atoms with E-state index in [1.165, 1.54) is 180 Å². The lowest BCUT2D eigenvalue weighted by atomic mass is 10.0. The van der Waals surface area contributed by atoms with Crippen LogP contribution < -0.4 is 0 Å². The Hall–Kier alpha value is -1.94. The second-order valence-electron chi connectivity index (χ2n) is 27.8. The van der Waals surface area contributed by atoms with Crippen LogP contribution in [0.2, 0.25) is 0 Å². The lowest BCUT2D eigenvalue weighted by molar-refractivity contribution is -0.161. The molecule has 0 rings (SSSR count). The Bertz CT molecular complexity index is 1800. The molecule has 0 aromatic heterocycles. The molecule has 0 aromatic carbocycles. The van der Waals surface area contributed by atoms with Crippen LogP contribution in [0.15, 0.2) is 0 Å². The molecule has 0 saturated carbocycles. The lowest BCUT2D eigenvalue weighted by Gasteiger charge is -2.21. The summed E-state index contributed by atoms with van der Waals surface area (Å²) in [6.45, 7) is 11.8.